The molecule has 0 aliphatic heterocycles. The molecule has 0 saturated heterocycles. The minimum absolute atomic E-state index is 0.0210. The van der Waals surface area contributed by atoms with Crippen molar-refractivity contribution in [2.45, 2.75) is 20.4 Å². The van der Waals surface area contributed by atoms with E-state index in [2.05, 4.69) is 5.32 Å². The van der Waals surface area contributed by atoms with Crippen LogP contribution in [-0.2, 0) is 6.54 Å². The molecule has 2 aromatic carbocycles. The smallest absolute Gasteiger partial charge is 0.346 e. The van der Waals surface area contributed by atoms with Crippen molar-refractivity contribution in [3.8, 4) is 0 Å². The maximum absolute atomic E-state index is 12.7. The maximum Gasteiger partial charge on any atom is 0.346 e. The summed E-state index contributed by atoms with van der Waals surface area (Å²) in [7, 11) is 0. The Hall–Kier alpha value is -2.57. The number of carbonyl (C=O) groups excluding carboxylic acids is 1. The molecule has 0 radical (unpaired) electrons. The van der Waals surface area contributed by atoms with Crippen molar-refractivity contribution in [3.63, 3.8) is 0 Å². The summed E-state index contributed by atoms with van der Waals surface area (Å²) in [4.78, 5) is 25.2. The molecule has 3 rings (SSSR count). The van der Waals surface area contributed by atoms with Gasteiger partial charge in [0, 0.05) is 17.5 Å². The minimum atomic E-state index is -0.643. The number of amides is 1. The lowest BCUT2D eigenvalue weighted by Crippen LogP contribution is -2.36. The first-order valence-electron chi connectivity index (χ1n) is 7.77. The zero-order valence-corrected chi connectivity index (χ0v) is 15.6. The van der Waals surface area contributed by atoms with Crippen molar-refractivity contribution in [3.05, 3.63) is 79.1 Å². The number of carbonyl (C=O) groups is 1. The van der Waals surface area contributed by atoms with E-state index in [4.69, 9.17) is 23.2 Å². The lowest BCUT2D eigenvalue weighted by Gasteiger charge is -2.16. The van der Waals surface area contributed by atoms with Crippen LogP contribution in [0.2, 0.25) is 10.0 Å². The van der Waals surface area contributed by atoms with E-state index >= 15 is 0 Å². The second-order valence-electron chi connectivity index (χ2n) is 5.95. The molecule has 0 unspecified atom stereocenters. The highest BCUT2D eigenvalue weighted by molar-refractivity contribution is 6.42. The number of halogens is 2. The predicted molar refractivity (Wildman–Crippen MR) is 101 cm³/mol. The summed E-state index contributed by atoms with van der Waals surface area (Å²) in [5.41, 5.74) is 1.70. The third-order valence-corrected chi connectivity index (χ3v) is 4.82. The molecule has 0 spiro atoms. The van der Waals surface area contributed by atoms with Crippen molar-refractivity contribution < 1.29 is 9.22 Å². The zero-order valence-electron chi connectivity index (χ0n) is 14.0. The van der Waals surface area contributed by atoms with E-state index in [0.29, 0.717) is 9.16 Å². The molecule has 0 fully saturated rings. The van der Waals surface area contributed by atoms with Crippen LogP contribution >= 0.6 is 23.2 Å². The molecule has 134 valence electrons. The predicted octanol–water partition coefficient (Wildman–Crippen LogP) is 3.76. The number of aryl methyl sites for hydroxylation is 1. The van der Waals surface area contributed by atoms with Gasteiger partial charge in [-0.25, -0.2) is 0 Å². The number of fused-ring (bicyclic) bond motifs is 1. The van der Waals surface area contributed by atoms with E-state index < -0.39 is 5.91 Å². The Kier molecular flexibility index (Phi) is 4.89. The molecule has 1 N–H and O–H groups in total. The van der Waals surface area contributed by atoms with Crippen LogP contribution in [-0.4, -0.2) is 10.6 Å². The van der Waals surface area contributed by atoms with Crippen LogP contribution < -0.4 is 9.74 Å². The molecule has 0 aliphatic carbocycles. The first-order chi connectivity index (χ1) is 12.3. The number of rotatable bonds is 3. The Balaban J connectivity index is 2.01. The average molecular weight is 392 g/mol. The second kappa shape index (κ2) is 6.97. The van der Waals surface area contributed by atoms with E-state index in [9.17, 15) is 14.9 Å². The van der Waals surface area contributed by atoms with Gasteiger partial charge in [0.2, 0.25) is 0 Å². The highest BCUT2D eigenvalue weighted by atomic mass is 35.5. The molecule has 3 aromatic rings. The van der Waals surface area contributed by atoms with E-state index in [1.807, 2.05) is 31.2 Å². The van der Waals surface area contributed by atoms with Gasteiger partial charge < -0.3 is 15.3 Å². The van der Waals surface area contributed by atoms with Gasteiger partial charge in [0.15, 0.2) is 0 Å². The Bertz CT molecular complexity index is 1080. The number of aromatic nitrogens is 2. The summed E-state index contributed by atoms with van der Waals surface area (Å²) in [5.74, 6) is -0.643. The standard InChI is InChI=1S/C18H15Cl2N3O3/c1-10-3-5-12(6-4-10)9-21-18(24)17-11(2)22(25)15-7-13(19)14(20)8-16(15)23(17)26/h3-8H,9H2,1-2H3,(H,21,24). The first kappa shape index (κ1) is 18.2. The molecule has 26 heavy (non-hydrogen) atoms. The molecule has 0 atom stereocenters. The van der Waals surface area contributed by atoms with Gasteiger partial charge in [-0.3, -0.25) is 4.79 Å². The number of hydrogen-bond donors (Lipinski definition) is 1. The van der Waals surface area contributed by atoms with Gasteiger partial charge >= 0.3 is 11.6 Å². The van der Waals surface area contributed by atoms with Gasteiger partial charge in [-0.15, -0.1) is 0 Å². The van der Waals surface area contributed by atoms with Gasteiger partial charge in [-0.2, -0.15) is 0 Å². The van der Waals surface area contributed by atoms with Gasteiger partial charge in [0.1, 0.15) is 5.52 Å². The molecule has 0 aliphatic rings. The van der Waals surface area contributed by atoms with Crippen LogP contribution in [0.3, 0.4) is 0 Å². The van der Waals surface area contributed by atoms with Crippen LogP contribution in [0.25, 0.3) is 11.0 Å². The Morgan fingerprint density at radius 1 is 1.15 bits per heavy atom. The molecule has 8 heteroatoms. The van der Waals surface area contributed by atoms with E-state index in [0.717, 1.165) is 11.1 Å². The molecular formula is C18H15Cl2N3O3. The average Bonchev–Trinajstić information content (AvgIpc) is 2.61. The monoisotopic (exact) mass is 391 g/mol. The number of nitrogens with zero attached hydrogens (tertiary/aromatic N) is 2. The van der Waals surface area contributed by atoms with Gasteiger partial charge in [0.05, 0.1) is 20.2 Å². The van der Waals surface area contributed by atoms with Crippen LogP contribution in [0.1, 0.15) is 27.3 Å². The fourth-order valence-corrected chi connectivity index (χ4v) is 2.94. The summed E-state index contributed by atoms with van der Waals surface area (Å²) in [6.45, 7) is 3.60. The summed E-state index contributed by atoms with van der Waals surface area (Å²) in [6.07, 6.45) is 0. The van der Waals surface area contributed by atoms with Crippen LogP contribution in [0.5, 0.6) is 0 Å². The van der Waals surface area contributed by atoms with Crippen LogP contribution in [0, 0.1) is 24.0 Å². The fraction of sp³-hybridized carbons (Fsp3) is 0.167. The highest BCUT2D eigenvalue weighted by Crippen LogP contribution is 2.26. The number of hydrogen-bond acceptors (Lipinski definition) is 3. The molecule has 6 nitrogen and oxygen atoms in total. The quantitative estimate of drug-likeness (QED) is 0.690. The zero-order chi connectivity index (χ0) is 19.0. The van der Waals surface area contributed by atoms with Crippen molar-refractivity contribution in [1.29, 1.82) is 0 Å². The van der Waals surface area contributed by atoms with Crippen molar-refractivity contribution >= 4 is 40.1 Å². The Labute approximate surface area is 159 Å². The molecule has 0 saturated carbocycles. The first-order valence-corrected chi connectivity index (χ1v) is 8.53. The van der Waals surface area contributed by atoms with Crippen LogP contribution in [0.15, 0.2) is 36.4 Å². The molecule has 0 bridgehead atoms. The maximum atomic E-state index is 12.7. The van der Waals surface area contributed by atoms with Crippen molar-refractivity contribution in [2.75, 3.05) is 0 Å². The lowest BCUT2D eigenvalue weighted by molar-refractivity contribution is -0.468. The third kappa shape index (κ3) is 3.25. The van der Waals surface area contributed by atoms with E-state index in [1.165, 1.54) is 19.1 Å². The lowest BCUT2D eigenvalue weighted by atomic mass is 10.1. The topological polar surface area (TPSA) is 80.1 Å². The number of nitrogens with one attached hydrogen (secondary N) is 1. The van der Waals surface area contributed by atoms with Crippen molar-refractivity contribution in [1.82, 2.24) is 10.0 Å². The summed E-state index contributed by atoms with van der Waals surface area (Å²) in [6, 6.07) is 10.2. The SMILES string of the molecule is Cc1ccc(CNC(=O)c2c(C)n([O-])c3cc(Cl)c(Cl)cc3[n+]2=O)cc1. The molecule has 1 heterocycles. The van der Waals surface area contributed by atoms with Gasteiger partial charge in [-0.1, -0.05) is 53.0 Å². The highest BCUT2D eigenvalue weighted by Gasteiger charge is 2.27. The van der Waals surface area contributed by atoms with Gasteiger partial charge in [0.25, 0.3) is 5.52 Å². The van der Waals surface area contributed by atoms with E-state index in [1.54, 1.807) is 0 Å². The Morgan fingerprint density at radius 3 is 2.42 bits per heavy atom. The molecule has 1 aromatic heterocycles. The molecule has 1 amide bonds. The normalized spacial score (nSPS) is 10.9. The largest absolute Gasteiger partial charge is 0.805 e. The number of benzene rings is 2. The van der Waals surface area contributed by atoms with Gasteiger partial charge in [-0.05, 0) is 25.5 Å². The van der Waals surface area contributed by atoms with Crippen molar-refractivity contribution in [2.24, 2.45) is 0 Å². The summed E-state index contributed by atoms with van der Waals surface area (Å²) in [5, 5.41) is 15.4. The van der Waals surface area contributed by atoms with Crippen LogP contribution in [0.4, 0.5) is 0 Å². The minimum Gasteiger partial charge on any atom is -0.805 e. The third-order valence-electron chi connectivity index (χ3n) is 4.09. The Morgan fingerprint density at radius 2 is 1.77 bits per heavy atom. The summed E-state index contributed by atoms with van der Waals surface area (Å²) >= 11 is 11.9. The fourth-order valence-electron chi connectivity index (χ4n) is 2.62. The second-order valence-corrected chi connectivity index (χ2v) is 6.76. The van der Waals surface area contributed by atoms with E-state index in [-0.39, 0.29) is 39.0 Å². The summed E-state index contributed by atoms with van der Waals surface area (Å²) < 4.78 is 0.915. The molecular weight excluding hydrogens is 377 g/mol.